The van der Waals surface area contributed by atoms with Crippen molar-refractivity contribution in [2.45, 2.75) is 50.0 Å². The van der Waals surface area contributed by atoms with Gasteiger partial charge in [0.05, 0.1) is 6.04 Å². The average molecular weight is 377 g/mol. The number of nitrogens with zero attached hydrogens (tertiary/aromatic N) is 1. The van der Waals surface area contributed by atoms with Crippen molar-refractivity contribution >= 4 is 6.09 Å². The molecular weight excluding hydrogens is 350 g/mol. The molecule has 146 valence electrons. The molecule has 2 fully saturated rings. The summed E-state index contributed by atoms with van der Waals surface area (Å²) in [6.45, 7) is 4.59. The lowest BCUT2D eigenvalue weighted by Gasteiger charge is -2.47. The van der Waals surface area contributed by atoms with Crippen LogP contribution in [0.1, 0.15) is 42.9 Å². The molecule has 4 heteroatoms. The number of benzene rings is 2. The highest BCUT2D eigenvalue weighted by Crippen LogP contribution is 2.36. The first kappa shape index (κ1) is 18.8. The van der Waals surface area contributed by atoms with E-state index in [1.807, 2.05) is 47.4 Å². The normalized spacial score (nSPS) is 24.5. The molecule has 4 nitrogen and oxygen atoms in total. The van der Waals surface area contributed by atoms with E-state index in [4.69, 9.17) is 9.47 Å². The molecule has 0 spiro atoms. The minimum atomic E-state index is -0.306. The van der Waals surface area contributed by atoms with Crippen LogP contribution in [0, 0.1) is 0 Å². The Kier molecular flexibility index (Phi) is 5.77. The predicted molar refractivity (Wildman–Crippen MR) is 109 cm³/mol. The second-order valence-electron chi connectivity index (χ2n) is 7.51. The summed E-state index contributed by atoms with van der Waals surface area (Å²) in [5, 5.41) is 0. The maximum atomic E-state index is 12.5. The standard InChI is InChI=1S/C24H27NO3/c1-2-11-21-23(20-16-9-10-17-25(20)24(26)27-21)28-22(18-12-5-3-6-13-18)19-14-7-4-8-15-19/h2-8,12-15,20-23H,1,9-11,16-17H2/t20-,21+,23+/m0/s1. The van der Waals surface area contributed by atoms with Crippen molar-refractivity contribution in [1.29, 1.82) is 0 Å². The lowest BCUT2D eigenvalue weighted by atomic mass is 9.91. The third kappa shape index (κ3) is 3.83. The van der Waals surface area contributed by atoms with E-state index < -0.39 is 0 Å². The van der Waals surface area contributed by atoms with Gasteiger partial charge in [0.1, 0.15) is 18.3 Å². The SMILES string of the molecule is C=CC[C@H]1OC(=O)N2CCCC[C@H]2[C@H]1OC(c1ccccc1)c1ccccc1. The van der Waals surface area contributed by atoms with Crippen LogP contribution in [0.4, 0.5) is 4.79 Å². The first-order valence-electron chi connectivity index (χ1n) is 10.1. The molecule has 2 aliphatic rings. The highest BCUT2D eigenvalue weighted by Gasteiger charge is 2.46. The topological polar surface area (TPSA) is 38.8 Å². The summed E-state index contributed by atoms with van der Waals surface area (Å²) in [4.78, 5) is 14.4. The summed E-state index contributed by atoms with van der Waals surface area (Å²) in [6.07, 6.45) is 4.56. The number of fused-ring (bicyclic) bond motifs is 1. The highest BCUT2D eigenvalue weighted by molar-refractivity contribution is 5.69. The molecule has 0 saturated carbocycles. The van der Waals surface area contributed by atoms with E-state index in [0.717, 1.165) is 36.9 Å². The molecule has 1 amide bonds. The minimum absolute atomic E-state index is 0.0508. The molecule has 0 aromatic heterocycles. The van der Waals surface area contributed by atoms with Crippen LogP contribution in [0.5, 0.6) is 0 Å². The van der Waals surface area contributed by atoms with Gasteiger partial charge in [-0.1, -0.05) is 66.7 Å². The van der Waals surface area contributed by atoms with Crippen LogP contribution in [-0.4, -0.2) is 35.8 Å². The molecule has 0 N–H and O–H groups in total. The van der Waals surface area contributed by atoms with Crippen molar-refractivity contribution < 1.29 is 14.3 Å². The molecule has 0 bridgehead atoms. The predicted octanol–water partition coefficient (Wildman–Crippen LogP) is 5.11. The molecule has 2 aliphatic heterocycles. The Bertz CT molecular complexity index is 753. The van der Waals surface area contributed by atoms with Crippen LogP contribution in [0.15, 0.2) is 73.3 Å². The maximum Gasteiger partial charge on any atom is 0.410 e. The maximum absolute atomic E-state index is 12.5. The molecule has 0 unspecified atom stereocenters. The Morgan fingerprint density at radius 1 is 1.07 bits per heavy atom. The zero-order valence-corrected chi connectivity index (χ0v) is 16.1. The number of carbonyl (C=O) groups excluding carboxylic acids is 1. The van der Waals surface area contributed by atoms with E-state index in [0.29, 0.717) is 6.42 Å². The Morgan fingerprint density at radius 3 is 2.32 bits per heavy atom. The van der Waals surface area contributed by atoms with Crippen LogP contribution in [0.25, 0.3) is 0 Å². The highest BCUT2D eigenvalue weighted by atomic mass is 16.6. The van der Waals surface area contributed by atoms with Crippen molar-refractivity contribution in [3.05, 3.63) is 84.4 Å². The molecule has 2 saturated heterocycles. The van der Waals surface area contributed by atoms with Crippen LogP contribution < -0.4 is 0 Å². The summed E-state index contributed by atoms with van der Waals surface area (Å²) < 4.78 is 12.6. The fourth-order valence-corrected chi connectivity index (χ4v) is 4.32. The van der Waals surface area contributed by atoms with Gasteiger partial charge >= 0.3 is 6.09 Å². The number of rotatable bonds is 6. The van der Waals surface area contributed by atoms with E-state index in [-0.39, 0.29) is 30.4 Å². The van der Waals surface area contributed by atoms with E-state index >= 15 is 0 Å². The van der Waals surface area contributed by atoms with Gasteiger partial charge < -0.3 is 14.4 Å². The third-order valence-corrected chi connectivity index (χ3v) is 5.68. The van der Waals surface area contributed by atoms with Gasteiger partial charge in [-0.2, -0.15) is 0 Å². The molecule has 28 heavy (non-hydrogen) atoms. The Balaban J connectivity index is 1.68. The lowest BCUT2D eigenvalue weighted by molar-refractivity contribution is -0.142. The van der Waals surface area contributed by atoms with Crippen molar-refractivity contribution in [3.8, 4) is 0 Å². The molecule has 2 aromatic rings. The summed E-state index contributed by atoms with van der Waals surface area (Å²) in [7, 11) is 0. The zero-order chi connectivity index (χ0) is 19.3. The first-order chi connectivity index (χ1) is 13.8. The molecular formula is C24H27NO3. The number of piperidine rings is 1. The van der Waals surface area contributed by atoms with Gasteiger partial charge in [0.2, 0.25) is 0 Å². The van der Waals surface area contributed by atoms with Gasteiger partial charge in [0, 0.05) is 13.0 Å². The average Bonchev–Trinajstić information content (AvgIpc) is 2.75. The van der Waals surface area contributed by atoms with Crippen molar-refractivity contribution in [2.24, 2.45) is 0 Å². The smallest absolute Gasteiger partial charge is 0.410 e. The van der Waals surface area contributed by atoms with Gasteiger partial charge in [-0.25, -0.2) is 4.79 Å². The monoisotopic (exact) mass is 377 g/mol. The van der Waals surface area contributed by atoms with Crippen molar-refractivity contribution in [1.82, 2.24) is 4.90 Å². The fraction of sp³-hybridized carbons (Fsp3) is 0.375. The number of amides is 1. The van der Waals surface area contributed by atoms with Gasteiger partial charge in [-0.15, -0.1) is 6.58 Å². The minimum Gasteiger partial charge on any atom is -0.443 e. The Morgan fingerprint density at radius 2 is 1.71 bits per heavy atom. The number of cyclic esters (lactones) is 1. The molecule has 0 radical (unpaired) electrons. The Hall–Kier alpha value is -2.59. The van der Waals surface area contributed by atoms with Crippen molar-refractivity contribution in [2.75, 3.05) is 6.54 Å². The summed E-state index contributed by atoms with van der Waals surface area (Å²) in [5.41, 5.74) is 2.20. The van der Waals surface area contributed by atoms with Crippen molar-refractivity contribution in [3.63, 3.8) is 0 Å². The van der Waals surface area contributed by atoms with Gasteiger partial charge in [0.15, 0.2) is 0 Å². The number of hydrogen-bond acceptors (Lipinski definition) is 3. The van der Waals surface area contributed by atoms with Crippen LogP contribution in [0.3, 0.4) is 0 Å². The van der Waals surface area contributed by atoms with Crippen LogP contribution >= 0.6 is 0 Å². The molecule has 2 aromatic carbocycles. The van der Waals surface area contributed by atoms with Gasteiger partial charge in [0.25, 0.3) is 0 Å². The summed E-state index contributed by atoms with van der Waals surface area (Å²) in [5.74, 6) is 0. The van der Waals surface area contributed by atoms with E-state index in [9.17, 15) is 4.79 Å². The number of carbonyl (C=O) groups is 1. The summed E-state index contributed by atoms with van der Waals surface area (Å²) in [6, 6.07) is 20.6. The quantitative estimate of drug-likeness (QED) is 0.657. The molecule has 3 atom stereocenters. The zero-order valence-electron chi connectivity index (χ0n) is 16.1. The largest absolute Gasteiger partial charge is 0.443 e. The molecule has 4 rings (SSSR count). The molecule has 2 heterocycles. The van der Waals surface area contributed by atoms with Crippen LogP contribution in [-0.2, 0) is 9.47 Å². The second-order valence-corrected chi connectivity index (χ2v) is 7.51. The lowest BCUT2D eigenvalue weighted by Crippen LogP contribution is -2.60. The fourth-order valence-electron chi connectivity index (χ4n) is 4.32. The van der Waals surface area contributed by atoms with E-state index in [1.54, 1.807) is 0 Å². The molecule has 0 aliphatic carbocycles. The Labute approximate surface area is 166 Å². The van der Waals surface area contributed by atoms with Gasteiger partial charge in [-0.3, -0.25) is 0 Å². The van der Waals surface area contributed by atoms with E-state index in [1.165, 1.54) is 0 Å². The van der Waals surface area contributed by atoms with Gasteiger partial charge in [-0.05, 0) is 30.4 Å². The first-order valence-corrected chi connectivity index (χ1v) is 10.1. The third-order valence-electron chi connectivity index (χ3n) is 5.68. The number of hydrogen-bond donors (Lipinski definition) is 0. The second kappa shape index (κ2) is 8.61. The summed E-state index contributed by atoms with van der Waals surface area (Å²) >= 11 is 0. The van der Waals surface area contributed by atoms with Crippen LogP contribution in [0.2, 0.25) is 0 Å². The number of ether oxygens (including phenoxy) is 2. The van der Waals surface area contributed by atoms with E-state index in [2.05, 4.69) is 30.8 Å².